The van der Waals surface area contributed by atoms with Crippen LogP contribution >= 0.6 is 22.7 Å². The minimum absolute atomic E-state index is 0.0420. The van der Waals surface area contributed by atoms with Crippen LogP contribution in [0.4, 0.5) is 0 Å². The summed E-state index contributed by atoms with van der Waals surface area (Å²) in [6.07, 6.45) is 0. The van der Waals surface area contributed by atoms with E-state index in [1.54, 1.807) is 22.7 Å². The third kappa shape index (κ3) is 3.37. The Labute approximate surface area is 108 Å². The second kappa shape index (κ2) is 6.28. The van der Waals surface area contributed by atoms with Crippen LogP contribution < -0.4 is 5.32 Å². The van der Waals surface area contributed by atoms with Crippen molar-refractivity contribution >= 4 is 22.7 Å². The van der Waals surface area contributed by atoms with Gasteiger partial charge >= 0.3 is 0 Å². The van der Waals surface area contributed by atoms with Crippen molar-refractivity contribution < 1.29 is 10.2 Å². The highest BCUT2D eigenvalue weighted by Gasteiger charge is 2.07. The van der Waals surface area contributed by atoms with Crippen molar-refractivity contribution in [2.75, 3.05) is 13.2 Å². The van der Waals surface area contributed by atoms with E-state index in [1.165, 1.54) is 15.3 Å². The molecular formula is C12H15NO2S2. The highest BCUT2D eigenvalue weighted by Crippen LogP contribution is 2.29. The predicted octanol–water partition coefficient (Wildman–Crippen LogP) is 1.92. The summed E-state index contributed by atoms with van der Waals surface area (Å²) in [5, 5.41) is 25.2. The minimum Gasteiger partial charge on any atom is -0.395 e. The van der Waals surface area contributed by atoms with Gasteiger partial charge < -0.3 is 15.5 Å². The maximum absolute atomic E-state index is 8.94. The second-order valence-electron chi connectivity index (χ2n) is 3.72. The Morgan fingerprint density at radius 1 is 1.24 bits per heavy atom. The molecule has 2 aromatic rings. The molecule has 0 atom stereocenters. The molecule has 0 saturated heterocycles. The van der Waals surface area contributed by atoms with E-state index in [1.807, 2.05) is 6.07 Å². The Kier molecular flexibility index (Phi) is 4.70. The number of aliphatic hydroxyl groups excluding tert-OH is 2. The zero-order valence-electron chi connectivity index (χ0n) is 9.30. The quantitative estimate of drug-likeness (QED) is 0.751. The largest absolute Gasteiger partial charge is 0.395 e. The molecule has 5 heteroatoms. The van der Waals surface area contributed by atoms with E-state index in [0.717, 1.165) is 0 Å². The van der Waals surface area contributed by atoms with Gasteiger partial charge in [0.25, 0.3) is 0 Å². The number of hydrogen-bond acceptors (Lipinski definition) is 5. The van der Waals surface area contributed by atoms with Crippen LogP contribution in [0, 0.1) is 0 Å². The molecule has 0 radical (unpaired) electrons. The Balaban J connectivity index is 1.95. The Morgan fingerprint density at radius 3 is 2.71 bits per heavy atom. The minimum atomic E-state index is -0.234. The fourth-order valence-electron chi connectivity index (χ4n) is 1.48. The molecule has 0 fully saturated rings. The summed E-state index contributed by atoms with van der Waals surface area (Å²) in [5.74, 6) is 0. The zero-order chi connectivity index (χ0) is 12.1. The van der Waals surface area contributed by atoms with Gasteiger partial charge in [0, 0.05) is 21.9 Å². The first-order valence-corrected chi connectivity index (χ1v) is 7.16. The summed E-state index contributed by atoms with van der Waals surface area (Å²) in [7, 11) is 0. The molecule has 2 heterocycles. The molecule has 0 spiro atoms. The molecule has 2 aromatic heterocycles. The van der Waals surface area contributed by atoms with Gasteiger partial charge in [-0.05, 0) is 22.9 Å². The van der Waals surface area contributed by atoms with Gasteiger partial charge in [-0.25, -0.2) is 0 Å². The van der Waals surface area contributed by atoms with E-state index in [0.29, 0.717) is 6.54 Å². The molecule has 0 aromatic carbocycles. The molecule has 17 heavy (non-hydrogen) atoms. The van der Waals surface area contributed by atoms with E-state index in [4.69, 9.17) is 10.2 Å². The van der Waals surface area contributed by atoms with Crippen LogP contribution in [-0.2, 0) is 6.54 Å². The van der Waals surface area contributed by atoms with Crippen LogP contribution in [0.1, 0.15) is 4.88 Å². The van der Waals surface area contributed by atoms with Gasteiger partial charge in [-0.3, -0.25) is 0 Å². The molecule has 0 bridgehead atoms. The summed E-state index contributed by atoms with van der Waals surface area (Å²) in [6.45, 7) is 0.598. The highest BCUT2D eigenvalue weighted by molar-refractivity contribution is 7.14. The third-order valence-electron chi connectivity index (χ3n) is 2.47. The van der Waals surface area contributed by atoms with Crippen molar-refractivity contribution in [1.29, 1.82) is 0 Å². The van der Waals surface area contributed by atoms with Gasteiger partial charge in [0.2, 0.25) is 0 Å². The fourth-order valence-corrected chi connectivity index (χ4v) is 3.10. The standard InChI is InChI=1S/C12H15NO2S2/c14-6-10(7-15)13-5-11-4-9(8-17-11)12-2-1-3-16-12/h1-4,8,10,13-15H,5-7H2. The lowest BCUT2D eigenvalue weighted by atomic mass is 10.2. The molecule has 0 amide bonds. The lowest BCUT2D eigenvalue weighted by Gasteiger charge is -2.11. The lowest BCUT2D eigenvalue weighted by Crippen LogP contribution is -2.34. The van der Waals surface area contributed by atoms with Crippen molar-refractivity contribution in [3.05, 3.63) is 33.8 Å². The molecule has 0 saturated carbocycles. The van der Waals surface area contributed by atoms with E-state index >= 15 is 0 Å². The molecule has 3 nitrogen and oxygen atoms in total. The van der Waals surface area contributed by atoms with Crippen LogP contribution in [0.2, 0.25) is 0 Å². The Morgan fingerprint density at radius 2 is 2.06 bits per heavy atom. The summed E-state index contributed by atoms with van der Waals surface area (Å²) >= 11 is 3.42. The van der Waals surface area contributed by atoms with Gasteiger partial charge in [-0.15, -0.1) is 22.7 Å². The number of rotatable bonds is 6. The van der Waals surface area contributed by atoms with Crippen molar-refractivity contribution in [1.82, 2.24) is 5.32 Å². The van der Waals surface area contributed by atoms with Crippen LogP contribution in [-0.4, -0.2) is 29.5 Å². The molecule has 92 valence electrons. The Hall–Kier alpha value is -0.720. The van der Waals surface area contributed by atoms with Gasteiger partial charge in [-0.1, -0.05) is 6.07 Å². The van der Waals surface area contributed by atoms with Crippen LogP contribution in [0.25, 0.3) is 10.4 Å². The smallest absolute Gasteiger partial charge is 0.0607 e. The molecule has 0 aliphatic heterocycles. The molecule has 2 rings (SSSR count). The predicted molar refractivity (Wildman–Crippen MR) is 72.4 cm³/mol. The number of thiophene rings is 2. The number of nitrogens with one attached hydrogen (secondary N) is 1. The van der Waals surface area contributed by atoms with E-state index < -0.39 is 0 Å². The van der Waals surface area contributed by atoms with Crippen molar-refractivity contribution in [2.24, 2.45) is 0 Å². The van der Waals surface area contributed by atoms with E-state index in [9.17, 15) is 0 Å². The SMILES string of the molecule is OCC(CO)NCc1cc(-c2cccs2)cs1. The van der Waals surface area contributed by atoms with Crippen molar-refractivity contribution in [3.8, 4) is 10.4 Å². The summed E-state index contributed by atoms with van der Waals surface area (Å²) in [4.78, 5) is 2.48. The molecule has 3 N–H and O–H groups in total. The van der Waals surface area contributed by atoms with E-state index in [-0.39, 0.29) is 19.3 Å². The topological polar surface area (TPSA) is 52.5 Å². The van der Waals surface area contributed by atoms with Gasteiger partial charge in [0.15, 0.2) is 0 Å². The van der Waals surface area contributed by atoms with Gasteiger partial charge in [-0.2, -0.15) is 0 Å². The molecule has 0 aliphatic rings. The number of aliphatic hydroxyl groups is 2. The average molecular weight is 269 g/mol. The van der Waals surface area contributed by atoms with Gasteiger partial charge in [0.05, 0.1) is 19.3 Å². The summed E-state index contributed by atoms with van der Waals surface area (Å²) < 4.78 is 0. The monoisotopic (exact) mass is 269 g/mol. The summed E-state index contributed by atoms with van der Waals surface area (Å²) in [6, 6.07) is 6.06. The third-order valence-corrected chi connectivity index (χ3v) is 4.32. The molecule has 0 aliphatic carbocycles. The van der Waals surface area contributed by atoms with Crippen LogP contribution in [0.5, 0.6) is 0 Å². The first-order chi connectivity index (χ1) is 8.33. The maximum atomic E-state index is 8.94. The second-order valence-corrected chi connectivity index (χ2v) is 5.67. The zero-order valence-corrected chi connectivity index (χ0v) is 10.9. The molecular weight excluding hydrogens is 254 g/mol. The number of hydrogen-bond donors (Lipinski definition) is 3. The normalized spacial score (nSPS) is 11.2. The van der Waals surface area contributed by atoms with E-state index in [2.05, 4.69) is 28.2 Å². The lowest BCUT2D eigenvalue weighted by molar-refractivity contribution is 0.170. The molecule has 0 unspecified atom stereocenters. The Bertz CT molecular complexity index is 435. The van der Waals surface area contributed by atoms with Crippen molar-refractivity contribution in [2.45, 2.75) is 12.6 Å². The van der Waals surface area contributed by atoms with Crippen LogP contribution in [0.3, 0.4) is 0 Å². The average Bonchev–Trinajstić information content (AvgIpc) is 3.01. The maximum Gasteiger partial charge on any atom is 0.0607 e. The highest BCUT2D eigenvalue weighted by atomic mass is 32.1. The fraction of sp³-hybridized carbons (Fsp3) is 0.333. The first-order valence-electron chi connectivity index (χ1n) is 5.40. The van der Waals surface area contributed by atoms with Crippen molar-refractivity contribution in [3.63, 3.8) is 0 Å². The van der Waals surface area contributed by atoms with Gasteiger partial charge in [0.1, 0.15) is 0 Å². The first kappa shape index (κ1) is 12.7. The van der Waals surface area contributed by atoms with Crippen LogP contribution in [0.15, 0.2) is 29.0 Å². The summed E-state index contributed by atoms with van der Waals surface area (Å²) in [5.41, 5.74) is 1.24.